The van der Waals surface area contributed by atoms with E-state index in [1.165, 1.54) is 7.05 Å². The summed E-state index contributed by atoms with van der Waals surface area (Å²) in [5, 5.41) is 9.01. The number of quaternary nitrogens is 1. The fraction of sp³-hybridized carbons (Fsp3) is 0.818. The molecule has 1 saturated heterocycles. The molecule has 0 aromatic carbocycles. The number of amides is 2. The van der Waals surface area contributed by atoms with E-state index in [2.05, 4.69) is 0 Å². The molecule has 1 aliphatic heterocycles. The van der Waals surface area contributed by atoms with Crippen molar-refractivity contribution >= 4 is 12.0 Å². The van der Waals surface area contributed by atoms with E-state index in [0.717, 1.165) is 4.90 Å². The van der Waals surface area contributed by atoms with Gasteiger partial charge in [0.05, 0.1) is 6.54 Å². The van der Waals surface area contributed by atoms with Gasteiger partial charge in [0.1, 0.15) is 13.1 Å². The van der Waals surface area contributed by atoms with E-state index >= 15 is 0 Å². The maximum Gasteiger partial charge on any atom is 0.420 e. The zero-order valence-electron chi connectivity index (χ0n) is 10.8. The first-order valence-corrected chi connectivity index (χ1v) is 5.84. The maximum absolute atomic E-state index is 12.7. The molecule has 0 spiro atoms. The van der Waals surface area contributed by atoms with E-state index in [1.54, 1.807) is 0 Å². The molecular weight excluding hydrogens is 246 g/mol. The van der Waals surface area contributed by atoms with Crippen molar-refractivity contribution in [2.24, 2.45) is 5.92 Å². The Morgan fingerprint density at radius 3 is 2.39 bits per heavy atom. The van der Waals surface area contributed by atoms with Crippen molar-refractivity contribution in [3.8, 4) is 0 Å². The number of hydrogen-bond donors (Lipinski definition) is 1. The Bertz CT molecular complexity index is 337. The van der Waals surface area contributed by atoms with Crippen molar-refractivity contribution in [3.05, 3.63) is 0 Å². The third-order valence-electron chi connectivity index (χ3n) is 3.18. The summed E-state index contributed by atoms with van der Waals surface area (Å²) in [7, 11) is 1.35. The van der Waals surface area contributed by atoms with E-state index in [0.29, 0.717) is 0 Å². The molecular formula is C11H19F2N2O3+. The maximum atomic E-state index is 12.7. The first-order valence-electron chi connectivity index (χ1n) is 5.84. The van der Waals surface area contributed by atoms with Crippen LogP contribution in [0.3, 0.4) is 0 Å². The molecule has 18 heavy (non-hydrogen) atoms. The second kappa shape index (κ2) is 5.17. The molecule has 5 nitrogen and oxygen atoms in total. The van der Waals surface area contributed by atoms with Gasteiger partial charge in [-0.25, -0.2) is 22.9 Å². The standard InChI is InChI=1S/C11H18F2N2O3/c1-7(2)4-15(6-9(12)13)5-8(10(16)17)14(3)11(15)18/h7-9H,4-6H2,1-3H3/p+1. The number of likely N-dealkylation sites (N-methyl/N-ethyl adjacent to an activating group) is 1. The van der Waals surface area contributed by atoms with E-state index in [-0.39, 0.29) is 19.0 Å². The van der Waals surface area contributed by atoms with Crippen molar-refractivity contribution in [2.45, 2.75) is 26.3 Å². The summed E-state index contributed by atoms with van der Waals surface area (Å²) < 4.78 is 24.9. The van der Waals surface area contributed by atoms with E-state index in [1.807, 2.05) is 13.8 Å². The minimum Gasteiger partial charge on any atom is -0.480 e. The lowest BCUT2D eigenvalue weighted by molar-refractivity contribution is -0.850. The van der Waals surface area contributed by atoms with Crippen LogP contribution in [-0.2, 0) is 4.79 Å². The summed E-state index contributed by atoms with van der Waals surface area (Å²) in [6.45, 7) is 3.18. The highest BCUT2D eigenvalue weighted by Crippen LogP contribution is 2.27. The van der Waals surface area contributed by atoms with Gasteiger partial charge in [-0.2, -0.15) is 0 Å². The number of urea groups is 1. The molecule has 0 radical (unpaired) electrons. The van der Waals surface area contributed by atoms with Gasteiger partial charge in [0.25, 0.3) is 6.43 Å². The van der Waals surface area contributed by atoms with E-state index < -0.39 is 35.5 Å². The number of halogens is 2. The lowest BCUT2D eigenvalue weighted by Gasteiger charge is -2.31. The van der Waals surface area contributed by atoms with Gasteiger partial charge < -0.3 is 5.11 Å². The Morgan fingerprint density at radius 2 is 2.06 bits per heavy atom. The summed E-state index contributed by atoms with van der Waals surface area (Å²) >= 11 is 0. The lowest BCUT2D eigenvalue weighted by atomic mass is 10.1. The van der Waals surface area contributed by atoms with Crippen LogP contribution in [0.2, 0.25) is 0 Å². The van der Waals surface area contributed by atoms with Crippen LogP contribution in [0.4, 0.5) is 13.6 Å². The third kappa shape index (κ3) is 2.77. The van der Waals surface area contributed by atoms with Crippen LogP contribution in [0.1, 0.15) is 13.8 Å². The summed E-state index contributed by atoms with van der Waals surface area (Å²) in [4.78, 5) is 24.2. The SMILES string of the molecule is CC(C)C[N+]1(CC(F)F)CC(C(=O)O)N(C)C1=O. The quantitative estimate of drug-likeness (QED) is 0.761. The highest BCUT2D eigenvalue weighted by Gasteiger charge is 2.54. The van der Waals surface area contributed by atoms with Gasteiger partial charge in [-0.05, 0) is 0 Å². The first-order chi connectivity index (χ1) is 8.19. The number of rotatable bonds is 5. The predicted molar refractivity (Wildman–Crippen MR) is 60.3 cm³/mol. The first kappa shape index (κ1) is 14.8. The van der Waals surface area contributed by atoms with Crippen LogP contribution in [0.25, 0.3) is 0 Å². The van der Waals surface area contributed by atoms with E-state index in [9.17, 15) is 18.4 Å². The Balaban J connectivity index is 3.03. The fourth-order valence-electron chi connectivity index (χ4n) is 2.59. The third-order valence-corrected chi connectivity index (χ3v) is 3.18. The lowest BCUT2D eigenvalue weighted by Crippen LogP contribution is -2.55. The number of hydrogen-bond acceptors (Lipinski definition) is 2. The molecule has 0 aromatic heterocycles. The van der Waals surface area contributed by atoms with Crippen molar-refractivity contribution in [3.63, 3.8) is 0 Å². The molecule has 1 N–H and O–H groups in total. The molecule has 1 fully saturated rings. The molecule has 2 amide bonds. The van der Waals surface area contributed by atoms with Gasteiger partial charge in [0.2, 0.25) is 0 Å². The molecule has 0 saturated carbocycles. The second-order valence-electron chi connectivity index (χ2n) is 5.23. The van der Waals surface area contributed by atoms with Crippen molar-refractivity contribution in [1.82, 2.24) is 4.90 Å². The van der Waals surface area contributed by atoms with E-state index in [4.69, 9.17) is 5.11 Å². The van der Waals surface area contributed by atoms with Crippen LogP contribution in [0, 0.1) is 5.92 Å². The Kier molecular flexibility index (Phi) is 4.26. The minimum atomic E-state index is -2.63. The van der Waals surface area contributed by atoms with Crippen molar-refractivity contribution in [2.75, 3.05) is 26.7 Å². The summed E-state index contributed by atoms with van der Waals surface area (Å²) in [5.41, 5.74) is 0. The van der Waals surface area contributed by atoms with Gasteiger partial charge in [0.15, 0.2) is 6.04 Å². The molecule has 1 heterocycles. The minimum absolute atomic E-state index is 0.0358. The molecule has 104 valence electrons. The zero-order valence-corrected chi connectivity index (χ0v) is 10.8. The summed E-state index contributed by atoms with van der Waals surface area (Å²) in [5.74, 6) is -1.11. The molecule has 1 rings (SSSR count). The van der Waals surface area contributed by atoms with Crippen LogP contribution < -0.4 is 0 Å². The summed E-state index contributed by atoms with van der Waals surface area (Å²) in [6, 6.07) is -1.55. The average Bonchev–Trinajstić information content (AvgIpc) is 2.42. The fourth-order valence-corrected chi connectivity index (χ4v) is 2.59. The molecule has 0 aliphatic carbocycles. The van der Waals surface area contributed by atoms with Gasteiger partial charge in [-0.3, -0.25) is 4.90 Å². The van der Waals surface area contributed by atoms with Crippen molar-refractivity contribution < 1.29 is 28.0 Å². The average molecular weight is 265 g/mol. The highest BCUT2D eigenvalue weighted by atomic mass is 19.3. The van der Waals surface area contributed by atoms with Crippen LogP contribution in [-0.4, -0.2) is 65.6 Å². The normalized spacial score (nSPS) is 28.5. The van der Waals surface area contributed by atoms with Gasteiger partial charge in [-0.15, -0.1) is 0 Å². The molecule has 0 bridgehead atoms. The number of nitrogens with zero attached hydrogens (tertiary/aromatic N) is 2. The topological polar surface area (TPSA) is 57.6 Å². The van der Waals surface area contributed by atoms with Gasteiger partial charge in [-0.1, -0.05) is 13.8 Å². The Morgan fingerprint density at radius 1 is 1.50 bits per heavy atom. The summed E-state index contributed by atoms with van der Waals surface area (Å²) in [6.07, 6.45) is -2.63. The molecule has 7 heteroatoms. The van der Waals surface area contributed by atoms with Gasteiger partial charge in [0, 0.05) is 13.0 Å². The van der Waals surface area contributed by atoms with Crippen molar-refractivity contribution in [1.29, 1.82) is 0 Å². The zero-order chi connectivity index (χ0) is 14.1. The smallest absolute Gasteiger partial charge is 0.420 e. The van der Waals surface area contributed by atoms with Crippen LogP contribution in [0.15, 0.2) is 0 Å². The molecule has 2 unspecified atom stereocenters. The number of carbonyl (C=O) groups is 2. The van der Waals surface area contributed by atoms with Gasteiger partial charge >= 0.3 is 12.0 Å². The Hall–Kier alpha value is -1.24. The number of carboxylic acids is 1. The van der Waals surface area contributed by atoms with Crippen LogP contribution >= 0.6 is 0 Å². The second-order valence-corrected chi connectivity index (χ2v) is 5.23. The molecule has 1 aliphatic rings. The Labute approximate surface area is 105 Å². The monoisotopic (exact) mass is 265 g/mol. The number of aliphatic carboxylic acids is 1. The molecule has 0 aromatic rings. The highest BCUT2D eigenvalue weighted by molar-refractivity contribution is 5.82. The molecule has 2 atom stereocenters. The number of carbonyl (C=O) groups excluding carboxylic acids is 1. The number of carboxylic acid groups (broad SMARTS) is 1. The number of alkyl halides is 2. The largest absolute Gasteiger partial charge is 0.480 e. The predicted octanol–water partition coefficient (Wildman–Crippen LogP) is 1.24. The van der Waals surface area contributed by atoms with Crippen LogP contribution in [0.5, 0.6) is 0 Å².